The molecule has 4 heteroatoms. The van der Waals surface area contributed by atoms with Crippen LogP contribution >= 0.6 is 0 Å². The minimum atomic E-state index is -0.334. The lowest BCUT2D eigenvalue weighted by molar-refractivity contribution is 0.448. The van der Waals surface area contributed by atoms with Crippen LogP contribution < -0.4 is 5.56 Å². The lowest BCUT2D eigenvalue weighted by atomic mass is 10.3. The average Bonchev–Trinajstić information content (AvgIpc) is 2.88. The van der Waals surface area contributed by atoms with Crippen LogP contribution in [0.25, 0.3) is 0 Å². The molecule has 1 saturated carbocycles. The van der Waals surface area contributed by atoms with E-state index in [0.29, 0.717) is 5.82 Å². The number of aromatic amines is 1. The monoisotopic (exact) mass is 226 g/mol. The number of nitrogens with zero attached hydrogens (tertiary/aromatic N) is 1. The summed E-state index contributed by atoms with van der Waals surface area (Å²) < 4.78 is 0. The third-order valence-corrected chi connectivity index (χ3v) is 2.78. The molecular formula is C13H10N2O2. The average molecular weight is 226 g/mol. The fraction of sp³-hybridized carbons (Fsp3) is 0.0769. The quantitative estimate of drug-likeness (QED) is 0.763. The van der Waals surface area contributed by atoms with Crippen LogP contribution in [0, 0.1) is 0 Å². The van der Waals surface area contributed by atoms with E-state index in [0.717, 1.165) is 17.2 Å². The van der Waals surface area contributed by atoms with Gasteiger partial charge in [0.2, 0.25) is 5.88 Å². The zero-order chi connectivity index (χ0) is 11.8. The molecule has 0 unspecified atom stereocenters. The molecule has 3 rings (SSSR count). The highest BCUT2D eigenvalue weighted by Gasteiger charge is 2.40. The summed E-state index contributed by atoms with van der Waals surface area (Å²) in [4.78, 5) is 17.9. The number of rotatable bonds is 1. The molecule has 84 valence electrons. The Morgan fingerprint density at radius 3 is 2.35 bits per heavy atom. The number of hydrogen-bond acceptors (Lipinski definition) is 3. The van der Waals surface area contributed by atoms with Crippen LogP contribution in [0.1, 0.15) is 11.7 Å². The van der Waals surface area contributed by atoms with Gasteiger partial charge < -0.3 is 10.1 Å². The topological polar surface area (TPSA) is 66.0 Å². The molecule has 0 aliphatic heterocycles. The molecule has 2 aliphatic carbocycles. The normalized spacial score (nSPS) is 24.8. The smallest absolute Gasteiger partial charge is 0.254 e. The van der Waals surface area contributed by atoms with Crippen molar-refractivity contribution in [2.45, 2.75) is 5.92 Å². The zero-order valence-electron chi connectivity index (χ0n) is 8.92. The highest BCUT2D eigenvalue weighted by atomic mass is 16.3. The molecule has 1 aromatic rings. The van der Waals surface area contributed by atoms with Gasteiger partial charge in [0.15, 0.2) is 0 Å². The zero-order valence-corrected chi connectivity index (χ0v) is 8.92. The van der Waals surface area contributed by atoms with E-state index in [1.165, 1.54) is 0 Å². The van der Waals surface area contributed by atoms with Crippen molar-refractivity contribution in [1.29, 1.82) is 0 Å². The highest BCUT2D eigenvalue weighted by Crippen LogP contribution is 2.52. The van der Waals surface area contributed by atoms with E-state index in [1.807, 2.05) is 36.5 Å². The van der Waals surface area contributed by atoms with Crippen LogP contribution in [0.4, 0.5) is 0 Å². The van der Waals surface area contributed by atoms with E-state index in [9.17, 15) is 9.90 Å². The Morgan fingerprint density at radius 2 is 1.76 bits per heavy atom. The molecule has 0 bridgehead atoms. The first-order valence-corrected chi connectivity index (χ1v) is 5.31. The van der Waals surface area contributed by atoms with Gasteiger partial charge in [-0.2, -0.15) is 4.98 Å². The number of aromatic nitrogens is 2. The molecule has 0 aromatic carbocycles. The fourth-order valence-electron chi connectivity index (χ4n) is 1.98. The van der Waals surface area contributed by atoms with Crippen LogP contribution in [-0.2, 0) is 0 Å². The Morgan fingerprint density at radius 1 is 1.12 bits per heavy atom. The van der Waals surface area contributed by atoms with Gasteiger partial charge in [0.05, 0.1) is 12.0 Å². The van der Waals surface area contributed by atoms with Gasteiger partial charge in [-0.3, -0.25) is 4.79 Å². The Bertz CT molecular complexity index is 620. The molecule has 0 spiro atoms. The van der Waals surface area contributed by atoms with Crippen molar-refractivity contribution in [2.75, 3.05) is 0 Å². The molecule has 1 heterocycles. The van der Waals surface area contributed by atoms with Gasteiger partial charge in [0.1, 0.15) is 5.82 Å². The predicted octanol–water partition coefficient (Wildman–Crippen LogP) is 1.55. The number of H-pyrrole nitrogens is 1. The molecule has 4 nitrogen and oxygen atoms in total. The second-order valence-corrected chi connectivity index (χ2v) is 3.94. The first-order valence-electron chi connectivity index (χ1n) is 5.31. The van der Waals surface area contributed by atoms with Crippen LogP contribution in [0.3, 0.4) is 0 Å². The van der Waals surface area contributed by atoms with Crippen molar-refractivity contribution >= 4 is 0 Å². The summed E-state index contributed by atoms with van der Waals surface area (Å²) >= 11 is 0. The standard InChI is InChI=1S/C13H10N2O2/c16-10-7-11(17)15-13(14-10)12-8-5-3-1-2-4-6-9(8)12/h1-7,12H,(H2,14,15,16,17)/b2-1?,3-1-,4-2-,5-3?,6-4?,8-5?,9-6?. The summed E-state index contributed by atoms with van der Waals surface area (Å²) in [5, 5.41) is 9.32. The lowest BCUT2D eigenvalue weighted by Crippen LogP contribution is -2.08. The number of nitrogens with one attached hydrogen (secondary N) is 1. The maximum Gasteiger partial charge on any atom is 0.254 e. The minimum Gasteiger partial charge on any atom is -0.493 e. The van der Waals surface area contributed by atoms with Gasteiger partial charge in [-0.25, -0.2) is 0 Å². The molecule has 2 aliphatic rings. The van der Waals surface area contributed by atoms with Crippen LogP contribution in [0.5, 0.6) is 5.88 Å². The van der Waals surface area contributed by atoms with Crippen LogP contribution in [0.2, 0.25) is 0 Å². The van der Waals surface area contributed by atoms with Crippen molar-refractivity contribution in [1.82, 2.24) is 9.97 Å². The van der Waals surface area contributed by atoms with Crippen molar-refractivity contribution in [3.8, 4) is 5.88 Å². The third kappa shape index (κ3) is 1.73. The maximum absolute atomic E-state index is 11.3. The first kappa shape index (κ1) is 9.84. The Balaban J connectivity index is 2.05. The second kappa shape index (κ2) is 3.59. The van der Waals surface area contributed by atoms with Crippen molar-refractivity contribution in [3.63, 3.8) is 0 Å². The summed E-state index contributed by atoms with van der Waals surface area (Å²) in [7, 11) is 0. The van der Waals surface area contributed by atoms with E-state index in [4.69, 9.17) is 0 Å². The molecule has 0 radical (unpaired) electrons. The van der Waals surface area contributed by atoms with E-state index >= 15 is 0 Å². The maximum atomic E-state index is 11.3. The van der Waals surface area contributed by atoms with Gasteiger partial charge in [-0.05, 0) is 11.1 Å². The largest absolute Gasteiger partial charge is 0.493 e. The number of hydrogen-bond donors (Lipinski definition) is 2. The lowest BCUT2D eigenvalue weighted by Gasteiger charge is -1.96. The minimum absolute atomic E-state index is 0.00204. The molecule has 17 heavy (non-hydrogen) atoms. The molecule has 1 fully saturated rings. The molecule has 0 amide bonds. The number of aromatic hydroxyl groups is 1. The second-order valence-electron chi connectivity index (χ2n) is 3.94. The van der Waals surface area contributed by atoms with E-state index < -0.39 is 0 Å². The van der Waals surface area contributed by atoms with Gasteiger partial charge in [0, 0.05) is 0 Å². The van der Waals surface area contributed by atoms with Crippen LogP contribution in [-0.4, -0.2) is 15.1 Å². The summed E-state index contributed by atoms with van der Waals surface area (Å²) in [6, 6.07) is 1.07. The number of fused-ring (bicyclic) bond motifs is 1. The fourth-order valence-corrected chi connectivity index (χ4v) is 1.98. The van der Waals surface area contributed by atoms with Gasteiger partial charge in [-0.1, -0.05) is 36.5 Å². The summed E-state index contributed by atoms with van der Waals surface area (Å²) in [5.74, 6) is 0.258. The molecule has 1 aromatic heterocycles. The Labute approximate surface area is 97.3 Å². The molecular weight excluding hydrogens is 216 g/mol. The SMILES string of the molecule is O=c1cc(O)nc(C2C3=C/C=C\C=C/C=C32)[nH]1. The molecule has 0 saturated heterocycles. The van der Waals surface area contributed by atoms with Crippen LogP contribution in [0.15, 0.2) is 58.5 Å². The highest BCUT2D eigenvalue weighted by molar-refractivity contribution is 5.65. The summed E-state index contributed by atoms with van der Waals surface area (Å²) in [6.07, 6.45) is 11.7. The Kier molecular flexibility index (Phi) is 2.08. The predicted molar refractivity (Wildman–Crippen MR) is 63.7 cm³/mol. The first-order chi connectivity index (χ1) is 8.25. The van der Waals surface area contributed by atoms with Crippen molar-refractivity contribution in [3.05, 3.63) is 69.8 Å². The van der Waals surface area contributed by atoms with E-state index in [-0.39, 0.29) is 17.4 Å². The van der Waals surface area contributed by atoms with E-state index in [2.05, 4.69) is 9.97 Å². The molecule has 2 N–H and O–H groups in total. The third-order valence-electron chi connectivity index (χ3n) is 2.78. The summed E-state index contributed by atoms with van der Waals surface area (Å²) in [5.41, 5.74) is 1.91. The van der Waals surface area contributed by atoms with Gasteiger partial charge in [-0.15, -0.1) is 0 Å². The Hall–Kier alpha value is -2.36. The van der Waals surface area contributed by atoms with Gasteiger partial charge in [0.25, 0.3) is 5.56 Å². The van der Waals surface area contributed by atoms with Crippen molar-refractivity contribution < 1.29 is 5.11 Å². The summed E-state index contributed by atoms with van der Waals surface area (Å²) in [6.45, 7) is 0. The van der Waals surface area contributed by atoms with E-state index in [1.54, 1.807) is 0 Å². The number of allylic oxidation sites excluding steroid dienone is 8. The van der Waals surface area contributed by atoms with Crippen molar-refractivity contribution in [2.24, 2.45) is 0 Å². The van der Waals surface area contributed by atoms with Gasteiger partial charge >= 0.3 is 0 Å². The molecule has 0 atom stereocenters.